The average Bonchev–Trinajstić information content (AvgIpc) is 3.28. The van der Waals surface area contributed by atoms with Gasteiger partial charge in [-0.2, -0.15) is 18.3 Å². The summed E-state index contributed by atoms with van der Waals surface area (Å²) >= 11 is 0. The van der Waals surface area contributed by atoms with Crippen molar-refractivity contribution in [2.75, 3.05) is 0 Å². The van der Waals surface area contributed by atoms with E-state index in [4.69, 9.17) is 10.0 Å². The molecule has 1 aromatic heterocycles. The van der Waals surface area contributed by atoms with Crippen molar-refractivity contribution in [1.29, 1.82) is 0 Å². The zero-order valence-electron chi connectivity index (χ0n) is 15.3. The predicted octanol–water partition coefficient (Wildman–Crippen LogP) is 0.744. The number of halogens is 3. The van der Waals surface area contributed by atoms with E-state index in [0.717, 1.165) is 19.4 Å². The van der Waals surface area contributed by atoms with E-state index in [1.54, 1.807) is 24.3 Å². The van der Waals surface area contributed by atoms with Gasteiger partial charge >= 0.3 is 13.3 Å². The van der Waals surface area contributed by atoms with Gasteiger partial charge in [0, 0.05) is 5.92 Å². The minimum Gasteiger partial charge on any atom is -0.423 e. The number of amides is 1. The third-order valence-electron chi connectivity index (χ3n) is 5.02. The summed E-state index contributed by atoms with van der Waals surface area (Å²) in [6.07, 6.45) is -3.84. The van der Waals surface area contributed by atoms with E-state index in [2.05, 4.69) is 20.5 Å². The normalized spacial score (nSPS) is 19.4. The van der Waals surface area contributed by atoms with Crippen LogP contribution in [-0.2, 0) is 16.8 Å². The van der Waals surface area contributed by atoms with Gasteiger partial charge in [-0.05, 0) is 37.2 Å². The van der Waals surface area contributed by atoms with Gasteiger partial charge in [0.15, 0.2) is 5.82 Å². The van der Waals surface area contributed by atoms with Crippen LogP contribution in [0.2, 0.25) is 0 Å². The summed E-state index contributed by atoms with van der Waals surface area (Å²) in [5.41, 5.74) is -0.909. The molecule has 1 fully saturated rings. The third-order valence-corrected chi connectivity index (χ3v) is 5.02. The Kier molecular flexibility index (Phi) is 5.24. The molecule has 150 valence electrons. The van der Waals surface area contributed by atoms with Crippen LogP contribution in [0.3, 0.4) is 0 Å². The fourth-order valence-electron chi connectivity index (χ4n) is 2.85. The number of aromatic amines is 1. The lowest BCUT2D eigenvalue weighted by Gasteiger charge is -2.24. The van der Waals surface area contributed by atoms with E-state index in [1.165, 1.54) is 0 Å². The number of carbonyl (C=O) groups excluding carboxylic acids is 1. The molecule has 28 heavy (non-hydrogen) atoms. The Hall–Kier alpha value is -2.40. The highest BCUT2D eigenvalue weighted by Crippen LogP contribution is 2.47. The molecular formula is C17H20BF3N4O3. The molecule has 1 aliphatic carbocycles. The SMILES string of the molecule is CC(C)(c1n[nH]c(CNC(=O)[C@H]2C[C@@H]2c2ccc(B(O)O)cc2)n1)C(F)(F)F. The van der Waals surface area contributed by atoms with Gasteiger partial charge in [-0.1, -0.05) is 24.3 Å². The van der Waals surface area contributed by atoms with Crippen LogP contribution in [0.5, 0.6) is 0 Å². The van der Waals surface area contributed by atoms with Crippen molar-refractivity contribution >= 4 is 18.5 Å². The Morgan fingerprint density at radius 3 is 2.50 bits per heavy atom. The van der Waals surface area contributed by atoms with E-state index in [0.29, 0.717) is 11.9 Å². The number of hydrogen-bond donors (Lipinski definition) is 4. The topological polar surface area (TPSA) is 111 Å². The van der Waals surface area contributed by atoms with Gasteiger partial charge in [0.25, 0.3) is 0 Å². The second kappa shape index (κ2) is 7.21. The molecule has 3 rings (SSSR count). The molecule has 0 spiro atoms. The first-order valence-corrected chi connectivity index (χ1v) is 8.73. The minimum absolute atomic E-state index is 0.0272. The van der Waals surface area contributed by atoms with Crippen LogP contribution >= 0.6 is 0 Å². The molecule has 1 amide bonds. The molecule has 0 unspecified atom stereocenters. The lowest BCUT2D eigenvalue weighted by Crippen LogP contribution is -2.37. The number of H-pyrrole nitrogens is 1. The molecule has 2 aromatic rings. The third kappa shape index (κ3) is 4.05. The number of nitrogens with zero attached hydrogens (tertiary/aromatic N) is 2. The van der Waals surface area contributed by atoms with Gasteiger partial charge in [-0.3, -0.25) is 9.89 Å². The van der Waals surface area contributed by atoms with Crippen molar-refractivity contribution in [2.45, 2.75) is 44.3 Å². The second-order valence-electron chi connectivity index (χ2n) is 7.44. The number of rotatable bonds is 6. The van der Waals surface area contributed by atoms with Crippen molar-refractivity contribution in [2.24, 2.45) is 5.92 Å². The standard InChI is InChI=1S/C17H20BF3N4O3/c1-16(2,17(19,20)21)15-23-13(24-25-15)8-22-14(26)12-7-11(12)9-3-5-10(6-4-9)18(27)28/h3-6,11-12,27-28H,7-8H2,1-2H3,(H,22,26)(H,23,24,25)/t11-,12+/m1/s1. The molecule has 4 N–H and O–H groups in total. The Bertz CT molecular complexity index is 852. The van der Waals surface area contributed by atoms with Crippen molar-refractivity contribution < 1.29 is 28.0 Å². The molecule has 11 heteroatoms. The highest BCUT2D eigenvalue weighted by Gasteiger charge is 2.51. The molecule has 0 radical (unpaired) electrons. The van der Waals surface area contributed by atoms with Gasteiger partial charge in [-0.15, -0.1) is 0 Å². The molecule has 0 saturated heterocycles. The maximum absolute atomic E-state index is 13.0. The molecule has 0 aliphatic heterocycles. The number of carbonyl (C=O) groups is 1. The van der Waals surface area contributed by atoms with Crippen LogP contribution in [0.25, 0.3) is 0 Å². The first-order valence-electron chi connectivity index (χ1n) is 8.73. The molecule has 0 bridgehead atoms. The van der Waals surface area contributed by atoms with Gasteiger partial charge in [0.2, 0.25) is 5.91 Å². The fraction of sp³-hybridized carbons (Fsp3) is 0.471. The van der Waals surface area contributed by atoms with Crippen LogP contribution in [0.1, 0.15) is 43.4 Å². The maximum Gasteiger partial charge on any atom is 0.488 e. The van der Waals surface area contributed by atoms with E-state index in [-0.39, 0.29) is 35.9 Å². The van der Waals surface area contributed by atoms with Crippen molar-refractivity contribution in [3.8, 4) is 0 Å². The van der Waals surface area contributed by atoms with Crippen LogP contribution < -0.4 is 10.8 Å². The summed E-state index contributed by atoms with van der Waals surface area (Å²) < 4.78 is 39.1. The van der Waals surface area contributed by atoms with Crippen LogP contribution in [0, 0.1) is 5.92 Å². The largest absolute Gasteiger partial charge is 0.488 e. The summed E-state index contributed by atoms with van der Waals surface area (Å²) in [7, 11) is -1.54. The van der Waals surface area contributed by atoms with Crippen LogP contribution in [0.4, 0.5) is 13.2 Å². The maximum atomic E-state index is 13.0. The van der Waals surface area contributed by atoms with Gasteiger partial charge in [0.1, 0.15) is 11.2 Å². The highest BCUT2D eigenvalue weighted by molar-refractivity contribution is 6.58. The summed E-state index contributed by atoms with van der Waals surface area (Å²) in [6.45, 7) is 1.95. The van der Waals surface area contributed by atoms with Crippen molar-refractivity contribution in [1.82, 2.24) is 20.5 Å². The summed E-state index contributed by atoms with van der Waals surface area (Å²) in [5, 5.41) is 26.9. The summed E-state index contributed by atoms with van der Waals surface area (Å²) in [5.74, 6) is -0.651. The number of aromatic nitrogens is 3. The van der Waals surface area contributed by atoms with Gasteiger partial charge in [-0.25, -0.2) is 4.98 Å². The Morgan fingerprint density at radius 2 is 1.93 bits per heavy atom. The number of alkyl halides is 3. The Balaban J connectivity index is 1.55. The highest BCUT2D eigenvalue weighted by atomic mass is 19.4. The van der Waals surface area contributed by atoms with E-state index >= 15 is 0 Å². The Labute approximate surface area is 159 Å². The average molecular weight is 396 g/mol. The second-order valence-corrected chi connectivity index (χ2v) is 7.44. The molecule has 7 nitrogen and oxygen atoms in total. The van der Waals surface area contributed by atoms with E-state index < -0.39 is 18.7 Å². The number of hydrogen-bond acceptors (Lipinski definition) is 5. The van der Waals surface area contributed by atoms with Gasteiger partial charge < -0.3 is 15.4 Å². The molecule has 1 heterocycles. The zero-order valence-corrected chi connectivity index (χ0v) is 15.3. The molecule has 1 aliphatic rings. The minimum atomic E-state index is -4.49. The fourth-order valence-corrected chi connectivity index (χ4v) is 2.85. The van der Waals surface area contributed by atoms with Crippen LogP contribution in [-0.4, -0.2) is 44.4 Å². The molecule has 2 atom stereocenters. The van der Waals surface area contributed by atoms with Crippen molar-refractivity contribution in [3.05, 3.63) is 41.5 Å². The van der Waals surface area contributed by atoms with Gasteiger partial charge in [0.05, 0.1) is 6.54 Å². The molecule has 1 saturated carbocycles. The zero-order chi connectivity index (χ0) is 20.7. The number of benzene rings is 1. The van der Waals surface area contributed by atoms with E-state index in [1.807, 2.05) is 0 Å². The quantitative estimate of drug-likeness (QED) is 0.539. The summed E-state index contributed by atoms with van der Waals surface area (Å²) in [6, 6.07) is 6.67. The monoisotopic (exact) mass is 396 g/mol. The summed E-state index contributed by atoms with van der Waals surface area (Å²) in [4.78, 5) is 16.1. The molecular weight excluding hydrogens is 376 g/mol. The lowest BCUT2D eigenvalue weighted by molar-refractivity contribution is -0.182. The Morgan fingerprint density at radius 1 is 1.29 bits per heavy atom. The lowest BCUT2D eigenvalue weighted by atomic mass is 9.80. The predicted molar refractivity (Wildman–Crippen MR) is 94.4 cm³/mol. The van der Waals surface area contributed by atoms with Crippen molar-refractivity contribution in [3.63, 3.8) is 0 Å². The number of nitrogens with one attached hydrogen (secondary N) is 2. The van der Waals surface area contributed by atoms with E-state index in [9.17, 15) is 18.0 Å². The molecule has 1 aromatic carbocycles. The smallest absolute Gasteiger partial charge is 0.423 e. The first-order chi connectivity index (χ1) is 13.0. The first kappa shape index (κ1) is 20.3. The van der Waals surface area contributed by atoms with Crippen LogP contribution in [0.15, 0.2) is 24.3 Å².